The van der Waals surface area contributed by atoms with Gasteiger partial charge in [0.25, 0.3) is 0 Å². The molecule has 1 aliphatic heterocycles. The van der Waals surface area contributed by atoms with Gasteiger partial charge in [-0.3, -0.25) is 4.90 Å². The Hall–Kier alpha value is -3.15. The third kappa shape index (κ3) is 4.06. The highest BCUT2D eigenvalue weighted by atomic mass is 16.5. The summed E-state index contributed by atoms with van der Waals surface area (Å²) < 4.78 is 7.01. The van der Waals surface area contributed by atoms with Crippen LogP contribution in [-0.2, 0) is 4.74 Å². The minimum Gasteiger partial charge on any atom is -0.383 e. The van der Waals surface area contributed by atoms with Crippen LogP contribution in [0.4, 0.5) is 17.3 Å². The van der Waals surface area contributed by atoms with Gasteiger partial charge in [-0.2, -0.15) is 5.26 Å². The predicted molar refractivity (Wildman–Crippen MR) is 108 cm³/mol. The molecule has 8 nitrogen and oxygen atoms in total. The third-order valence-electron chi connectivity index (χ3n) is 4.93. The van der Waals surface area contributed by atoms with Crippen LogP contribution in [0.5, 0.6) is 0 Å². The molecular formula is C20H23N7O. The number of nitrogens with one attached hydrogen (secondary N) is 1. The smallest absolute Gasteiger partial charge is 0.150 e. The number of nitriles is 1. The molecule has 0 radical (unpaired) electrons. The zero-order valence-corrected chi connectivity index (χ0v) is 15.9. The van der Waals surface area contributed by atoms with E-state index < -0.39 is 0 Å². The third-order valence-corrected chi connectivity index (χ3v) is 4.93. The van der Waals surface area contributed by atoms with Crippen molar-refractivity contribution in [3.63, 3.8) is 0 Å². The van der Waals surface area contributed by atoms with E-state index in [0.29, 0.717) is 11.4 Å². The average molecular weight is 377 g/mol. The highest BCUT2D eigenvalue weighted by Crippen LogP contribution is 2.22. The van der Waals surface area contributed by atoms with Crippen LogP contribution < -0.4 is 10.2 Å². The summed E-state index contributed by atoms with van der Waals surface area (Å²) in [5.74, 6) is 1.45. The molecule has 3 aromatic rings. The second-order valence-corrected chi connectivity index (χ2v) is 6.77. The van der Waals surface area contributed by atoms with Crippen molar-refractivity contribution in [1.29, 1.82) is 5.26 Å². The maximum atomic E-state index is 9.03. The van der Waals surface area contributed by atoms with Crippen LogP contribution in [0.2, 0.25) is 0 Å². The van der Waals surface area contributed by atoms with Crippen LogP contribution >= 0.6 is 0 Å². The first-order valence-corrected chi connectivity index (χ1v) is 9.33. The number of aromatic nitrogens is 3. The first-order valence-electron chi connectivity index (χ1n) is 9.33. The highest BCUT2D eigenvalue weighted by Gasteiger charge is 2.17. The van der Waals surface area contributed by atoms with Crippen molar-refractivity contribution < 1.29 is 4.74 Å². The Morgan fingerprint density at radius 2 is 2.00 bits per heavy atom. The second kappa shape index (κ2) is 8.25. The minimum atomic E-state index is 0.598. The number of ether oxygens (including phenoxy) is 1. The van der Waals surface area contributed by atoms with E-state index in [0.717, 1.165) is 56.5 Å². The topological polar surface area (TPSA) is 81.7 Å². The van der Waals surface area contributed by atoms with Crippen LogP contribution in [0.1, 0.15) is 5.56 Å². The number of fused-ring (bicyclic) bond motifs is 1. The lowest BCUT2D eigenvalue weighted by Gasteiger charge is -2.36. The van der Waals surface area contributed by atoms with E-state index in [1.165, 1.54) is 0 Å². The van der Waals surface area contributed by atoms with Crippen LogP contribution in [0.25, 0.3) is 5.65 Å². The van der Waals surface area contributed by atoms with Crippen molar-refractivity contribution in [3.05, 3.63) is 48.4 Å². The fourth-order valence-corrected chi connectivity index (χ4v) is 3.38. The van der Waals surface area contributed by atoms with Gasteiger partial charge in [0.2, 0.25) is 0 Å². The molecule has 28 heavy (non-hydrogen) atoms. The first-order chi connectivity index (χ1) is 13.7. The van der Waals surface area contributed by atoms with Gasteiger partial charge in [0, 0.05) is 64.0 Å². The van der Waals surface area contributed by atoms with Crippen LogP contribution in [0.15, 0.2) is 42.9 Å². The molecule has 1 fully saturated rings. The van der Waals surface area contributed by atoms with Crippen LogP contribution in [-0.4, -0.2) is 65.7 Å². The fraction of sp³-hybridized carbons (Fsp3) is 0.350. The Kier molecular flexibility index (Phi) is 5.37. The largest absolute Gasteiger partial charge is 0.383 e. The Labute approximate surface area is 164 Å². The summed E-state index contributed by atoms with van der Waals surface area (Å²) in [6, 6.07) is 9.82. The molecule has 0 unspecified atom stereocenters. The number of pyridine rings is 2. The highest BCUT2D eigenvalue weighted by molar-refractivity contribution is 5.61. The standard InChI is InChI=1S/C20H23N7O/c1-28-11-10-25-6-8-26(9-7-25)17-4-5-22-18(12-17)23-19-15-27-14-16(13-21)2-3-20(27)24-19/h2-5,12,14-15H,6-11H2,1H3,(H,22,23). The molecule has 0 atom stereocenters. The predicted octanol–water partition coefficient (Wildman–Crippen LogP) is 2.11. The Balaban J connectivity index is 1.44. The fourth-order valence-electron chi connectivity index (χ4n) is 3.38. The van der Waals surface area contributed by atoms with Gasteiger partial charge in [0.1, 0.15) is 17.5 Å². The summed E-state index contributed by atoms with van der Waals surface area (Å²) in [5, 5.41) is 12.3. The van der Waals surface area contributed by atoms with E-state index >= 15 is 0 Å². The maximum Gasteiger partial charge on any atom is 0.150 e. The monoisotopic (exact) mass is 377 g/mol. The van der Waals surface area contributed by atoms with Gasteiger partial charge >= 0.3 is 0 Å². The molecule has 8 heteroatoms. The van der Waals surface area contributed by atoms with E-state index in [1.54, 1.807) is 19.4 Å². The number of methoxy groups -OCH3 is 1. The van der Waals surface area contributed by atoms with E-state index in [2.05, 4.69) is 37.2 Å². The molecule has 0 spiro atoms. The van der Waals surface area contributed by atoms with Gasteiger partial charge in [0.15, 0.2) is 5.82 Å². The molecule has 1 N–H and O–H groups in total. The molecular weight excluding hydrogens is 354 g/mol. The lowest BCUT2D eigenvalue weighted by Crippen LogP contribution is -2.47. The van der Waals surface area contributed by atoms with E-state index in [-0.39, 0.29) is 0 Å². The molecule has 4 heterocycles. The SMILES string of the molecule is COCCN1CCN(c2ccnc(Nc3cn4cc(C#N)ccc4n3)c2)CC1. The summed E-state index contributed by atoms with van der Waals surface area (Å²) >= 11 is 0. The maximum absolute atomic E-state index is 9.03. The van der Waals surface area contributed by atoms with Crippen molar-refractivity contribution in [2.24, 2.45) is 0 Å². The van der Waals surface area contributed by atoms with Gasteiger partial charge in [0.05, 0.1) is 18.4 Å². The zero-order chi connectivity index (χ0) is 19.3. The molecule has 1 aliphatic rings. The van der Waals surface area contributed by atoms with Crippen LogP contribution in [0, 0.1) is 11.3 Å². The van der Waals surface area contributed by atoms with Gasteiger partial charge in [-0.15, -0.1) is 0 Å². The zero-order valence-electron chi connectivity index (χ0n) is 15.9. The molecule has 0 aromatic carbocycles. The van der Waals surface area contributed by atoms with Crippen LogP contribution in [0.3, 0.4) is 0 Å². The second-order valence-electron chi connectivity index (χ2n) is 6.77. The first kappa shape index (κ1) is 18.2. The number of piperazine rings is 1. The normalized spacial score (nSPS) is 14.9. The van der Waals surface area contributed by atoms with E-state index in [4.69, 9.17) is 10.00 Å². The minimum absolute atomic E-state index is 0.598. The Morgan fingerprint density at radius 1 is 1.14 bits per heavy atom. The van der Waals surface area contributed by atoms with Crippen molar-refractivity contribution in [3.8, 4) is 6.07 Å². The number of hydrogen-bond acceptors (Lipinski definition) is 7. The number of nitrogens with zero attached hydrogens (tertiary/aromatic N) is 6. The summed E-state index contributed by atoms with van der Waals surface area (Å²) in [7, 11) is 1.74. The van der Waals surface area contributed by atoms with Crippen molar-refractivity contribution in [2.45, 2.75) is 0 Å². The summed E-state index contributed by atoms with van der Waals surface area (Å²) in [5.41, 5.74) is 2.53. The van der Waals surface area contributed by atoms with Gasteiger partial charge in [-0.25, -0.2) is 9.97 Å². The van der Waals surface area contributed by atoms with Gasteiger partial charge in [-0.1, -0.05) is 0 Å². The number of rotatable bonds is 6. The lowest BCUT2D eigenvalue weighted by atomic mass is 10.2. The van der Waals surface area contributed by atoms with E-state index in [9.17, 15) is 0 Å². The average Bonchev–Trinajstić information content (AvgIpc) is 3.14. The van der Waals surface area contributed by atoms with Gasteiger partial charge < -0.3 is 19.4 Å². The molecule has 144 valence electrons. The molecule has 4 rings (SSSR count). The molecule has 0 bridgehead atoms. The molecule has 3 aromatic heterocycles. The van der Waals surface area contributed by atoms with Gasteiger partial charge in [-0.05, 0) is 18.2 Å². The summed E-state index contributed by atoms with van der Waals surface area (Å²) in [6.07, 6.45) is 5.44. The number of hydrogen-bond donors (Lipinski definition) is 1. The molecule has 0 amide bonds. The summed E-state index contributed by atoms with van der Waals surface area (Å²) in [4.78, 5) is 13.8. The van der Waals surface area contributed by atoms with E-state index in [1.807, 2.05) is 28.9 Å². The van der Waals surface area contributed by atoms with Crippen molar-refractivity contribution in [2.75, 3.05) is 56.7 Å². The molecule has 0 saturated carbocycles. The van der Waals surface area contributed by atoms with Crippen molar-refractivity contribution in [1.82, 2.24) is 19.3 Å². The van der Waals surface area contributed by atoms with Crippen molar-refractivity contribution >= 4 is 23.0 Å². The lowest BCUT2D eigenvalue weighted by molar-refractivity contribution is 0.144. The quantitative estimate of drug-likeness (QED) is 0.704. The Bertz CT molecular complexity index is 986. The number of imidazole rings is 1. The Morgan fingerprint density at radius 3 is 2.79 bits per heavy atom. The summed E-state index contributed by atoms with van der Waals surface area (Å²) in [6.45, 7) is 5.79. The number of anilines is 3. The molecule has 1 saturated heterocycles. The molecule has 0 aliphatic carbocycles.